The van der Waals surface area contributed by atoms with Crippen molar-refractivity contribution in [1.29, 1.82) is 0 Å². The number of phenolic OH excluding ortho intramolecular Hbond substituents is 4. The largest absolute Gasteiger partial charge is 0.507 e. The van der Waals surface area contributed by atoms with Crippen LogP contribution in [0, 0.1) is 0 Å². The van der Waals surface area contributed by atoms with Gasteiger partial charge in [0.05, 0.1) is 0 Å². The monoisotopic (exact) mass is 674 g/mol. The molecule has 5 aromatic rings. The van der Waals surface area contributed by atoms with Crippen LogP contribution in [0.5, 0.6) is 23.0 Å². The third-order valence-corrected chi connectivity index (χ3v) is 10.4. The van der Waals surface area contributed by atoms with E-state index >= 15 is 0 Å². The van der Waals surface area contributed by atoms with Crippen LogP contribution in [0.3, 0.4) is 0 Å². The highest BCUT2D eigenvalue weighted by Gasteiger charge is 2.18. The standard InChI is InChI=1S/C46H58O4/c1-3-5-7-9-11-13-15-17-19-33-21-23-35-29-43(47)39(27-37(35)25-33)41-31-46(50)42(32-45(41)49)40-28-38-26-34(22-24-36(38)30-44(40)48)20-18-16-14-12-10-8-6-4-2/h21-32,47-50H,3-20H2,1-2H3. The lowest BCUT2D eigenvalue weighted by Crippen LogP contribution is -1.90. The van der Waals surface area contributed by atoms with Crippen LogP contribution < -0.4 is 0 Å². The van der Waals surface area contributed by atoms with Crippen molar-refractivity contribution >= 4 is 21.5 Å². The van der Waals surface area contributed by atoms with Gasteiger partial charge in [-0.2, -0.15) is 0 Å². The first-order valence-corrected chi connectivity index (χ1v) is 19.5. The SMILES string of the molecule is CCCCCCCCCCc1ccc2cc(O)c(-c3cc(O)c(-c4cc5cc(CCCCCCCCCC)ccc5cc4O)cc3O)cc2c1. The molecule has 0 aliphatic rings. The van der Waals surface area contributed by atoms with Crippen LogP contribution in [-0.4, -0.2) is 20.4 Å². The molecule has 0 unspecified atom stereocenters. The first-order chi connectivity index (χ1) is 24.4. The number of benzene rings is 5. The molecule has 4 nitrogen and oxygen atoms in total. The van der Waals surface area contributed by atoms with E-state index < -0.39 is 0 Å². The second kappa shape index (κ2) is 18.7. The maximum absolute atomic E-state index is 11.3. The van der Waals surface area contributed by atoms with Crippen molar-refractivity contribution in [3.63, 3.8) is 0 Å². The average Bonchev–Trinajstić information content (AvgIpc) is 3.11. The number of fused-ring (bicyclic) bond motifs is 2. The zero-order chi connectivity index (χ0) is 35.3. The van der Waals surface area contributed by atoms with Crippen molar-refractivity contribution in [2.45, 2.75) is 129 Å². The number of rotatable bonds is 20. The van der Waals surface area contributed by atoms with Crippen LogP contribution in [0.4, 0.5) is 0 Å². The Bertz CT molecular complexity index is 1700. The molecule has 4 N–H and O–H groups in total. The first kappa shape index (κ1) is 37.1. The minimum absolute atomic E-state index is 0.0355. The lowest BCUT2D eigenvalue weighted by Gasteiger charge is -2.15. The molecule has 50 heavy (non-hydrogen) atoms. The predicted molar refractivity (Wildman–Crippen MR) is 212 cm³/mol. The first-order valence-electron chi connectivity index (χ1n) is 19.5. The highest BCUT2D eigenvalue weighted by atomic mass is 16.3. The van der Waals surface area contributed by atoms with Crippen molar-refractivity contribution in [2.75, 3.05) is 0 Å². The van der Waals surface area contributed by atoms with Gasteiger partial charge in [0.1, 0.15) is 23.0 Å². The molecular weight excluding hydrogens is 617 g/mol. The molecule has 0 saturated carbocycles. The maximum atomic E-state index is 11.3. The molecule has 0 saturated heterocycles. The van der Waals surface area contributed by atoms with Crippen LogP contribution in [0.25, 0.3) is 43.8 Å². The van der Waals surface area contributed by atoms with Gasteiger partial charge in [-0.3, -0.25) is 0 Å². The van der Waals surface area contributed by atoms with Crippen molar-refractivity contribution < 1.29 is 20.4 Å². The van der Waals surface area contributed by atoms with Gasteiger partial charge in [-0.05, 0) is 94.8 Å². The summed E-state index contributed by atoms with van der Waals surface area (Å²) in [6.45, 7) is 4.50. The molecule has 5 rings (SSSR count). The van der Waals surface area contributed by atoms with Crippen LogP contribution in [0.15, 0.2) is 72.8 Å². The summed E-state index contributed by atoms with van der Waals surface area (Å²) < 4.78 is 0. The highest BCUT2D eigenvalue weighted by Crippen LogP contribution is 2.46. The summed E-state index contributed by atoms with van der Waals surface area (Å²) in [6.07, 6.45) is 22.6. The summed E-state index contributed by atoms with van der Waals surface area (Å²) in [5.41, 5.74) is 4.11. The fraction of sp³-hybridized carbons (Fsp3) is 0.435. The van der Waals surface area contributed by atoms with E-state index in [9.17, 15) is 20.4 Å². The van der Waals surface area contributed by atoms with Crippen LogP contribution in [0.2, 0.25) is 0 Å². The lowest BCUT2D eigenvalue weighted by molar-refractivity contribution is 0.458. The van der Waals surface area contributed by atoms with E-state index in [0.29, 0.717) is 22.3 Å². The van der Waals surface area contributed by atoms with Gasteiger partial charge in [-0.1, -0.05) is 140 Å². The maximum Gasteiger partial charge on any atom is 0.124 e. The molecule has 0 radical (unpaired) electrons. The average molecular weight is 675 g/mol. The van der Waals surface area contributed by atoms with Gasteiger partial charge in [0.2, 0.25) is 0 Å². The van der Waals surface area contributed by atoms with E-state index in [-0.39, 0.29) is 23.0 Å². The molecule has 0 atom stereocenters. The Kier molecular flexibility index (Phi) is 13.9. The van der Waals surface area contributed by atoms with E-state index in [2.05, 4.69) is 38.1 Å². The van der Waals surface area contributed by atoms with E-state index in [1.54, 1.807) is 12.1 Å². The van der Waals surface area contributed by atoms with Gasteiger partial charge in [0.15, 0.2) is 0 Å². The Labute approximate surface area is 299 Å². The van der Waals surface area contributed by atoms with E-state index in [1.807, 2.05) is 24.3 Å². The second-order valence-electron chi connectivity index (χ2n) is 14.4. The summed E-state index contributed by atoms with van der Waals surface area (Å²) in [5, 5.41) is 48.3. The lowest BCUT2D eigenvalue weighted by atomic mass is 9.93. The number of aryl methyl sites for hydroxylation is 2. The van der Waals surface area contributed by atoms with E-state index in [1.165, 1.54) is 113 Å². The van der Waals surface area contributed by atoms with Gasteiger partial charge >= 0.3 is 0 Å². The van der Waals surface area contributed by atoms with Crippen LogP contribution in [-0.2, 0) is 12.8 Å². The molecule has 0 aliphatic carbocycles. The van der Waals surface area contributed by atoms with Crippen LogP contribution >= 0.6 is 0 Å². The molecule has 0 spiro atoms. The minimum Gasteiger partial charge on any atom is -0.507 e. The smallest absolute Gasteiger partial charge is 0.124 e. The quantitative estimate of drug-likeness (QED) is 0.0489. The number of hydrogen-bond acceptors (Lipinski definition) is 4. The zero-order valence-corrected chi connectivity index (χ0v) is 30.4. The van der Waals surface area contributed by atoms with E-state index in [0.717, 1.165) is 47.2 Å². The molecular formula is C46H58O4. The fourth-order valence-electron chi connectivity index (χ4n) is 7.35. The van der Waals surface area contributed by atoms with Crippen molar-refractivity contribution in [2.24, 2.45) is 0 Å². The normalized spacial score (nSPS) is 11.6. The van der Waals surface area contributed by atoms with Crippen molar-refractivity contribution in [3.05, 3.63) is 83.9 Å². The number of phenols is 4. The summed E-state index contributed by atoms with van der Waals surface area (Å²) in [4.78, 5) is 0. The molecule has 0 fully saturated rings. The molecule has 0 heterocycles. The molecule has 0 aromatic heterocycles. The van der Waals surface area contributed by atoms with Gasteiger partial charge in [0.25, 0.3) is 0 Å². The third-order valence-electron chi connectivity index (χ3n) is 10.4. The molecule has 0 bridgehead atoms. The highest BCUT2D eigenvalue weighted by molar-refractivity contribution is 5.95. The van der Waals surface area contributed by atoms with Crippen molar-refractivity contribution in [1.82, 2.24) is 0 Å². The van der Waals surface area contributed by atoms with Gasteiger partial charge in [-0.25, -0.2) is 0 Å². The number of hydrogen-bond donors (Lipinski definition) is 4. The summed E-state index contributed by atoms with van der Waals surface area (Å²) in [6, 6.07) is 22.9. The Hall–Kier alpha value is -4.18. The Balaban J connectivity index is 1.29. The third kappa shape index (κ3) is 9.96. The molecule has 0 amide bonds. The summed E-state index contributed by atoms with van der Waals surface area (Å²) in [5.74, 6) is -0.0855. The van der Waals surface area contributed by atoms with Gasteiger partial charge < -0.3 is 20.4 Å². The van der Waals surface area contributed by atoms with Crippen molar-refractivity contribution in [3.8, 4) is 45.3 Å². The van der Waals surface area contributed by atoms with E-state index in [4.69, 9.17) is 0 Å². The Morgan fingerprint density at radius 1 is 0.320 bits per heavy atom. The van der Waals surface area contributed by atoms with Gasteiger partial charge in [0, 0.05) is 22.3 Å². The minimum atomic E-state index is -0.0783. The van der Waals surface area contributed by atoms with Crippen LogP contribution in [0.1, 0.15) is 128 Å². The Morgan fingerprint density at radius 2 is 0.640 bits per heavy atom. The summed E-state index contributed by atoms with van der Waals surface area (Å²) in [7, 11) is 0. The number of unbranched alkanes of at least 4 members (excludes halogenated alkanes) is 14. The molecule has 0 aliphatic heterocycles. The summed E-state index contributed by atoms with van der Waals surface area (Å²) >= 11 is 0. The molecule has 266 valence electrons. The molecule has 4 heteroatoms. The Morgan fingerprint density at radius 3 is 1.02 bits per heavy atom. The fourth-order valence-corrected chi connectivity index (χ4v) is 7.35. The second-order valence-corrected chi connectivity index (χ2v) is 14.4. The number of aromatic hydroxyl groups is 4. The predicted octanol–water partition coefficient (Wildman–Crippen LogP) is 13.5. The van der Waals surface area contributed by atoms with Gasteiger partial charge in [-0.15, -0.1) is 0 Å². The topological polar surface area (TPSA) is 80.9 Å². The molecule has 5 aromatic carbocycles. The zero-order valence-electron chi connectivity index (χ0n) is 30.4.